The van der Waals surface area contributed by atoms with E-state index in [4.69, 9.17) is 14.2 Å². The number of carbonyl (C=O) groups excluding carboxylic acids is 1. The summed E-state index contributed by atoms with van der Waals surface area (Å²) in [5.41, 5.74) is 2.91. The minimum Gasteiger partial charge on any atom is -0.493 e. The Kier molecular flexibility index (Phi) is 4.40. The molecular formula is C19H22N2O4S. The van der Waals surface area contributed by atoms with Crippen molar-refractivity contribution >= 4 is 22.2 Å². The Morgan fingerprint density at radius 2 is 1.69 bits per heavy atom. The van der Waals surface area contributed by atoms with Crippen molar-refractivity contribution in [2.24, 2.45) is 0 Å². The van der Waals surface area contributed by atoms with E-state index in [0.29, 0.717) is 17.2 Å². The molecule has 2 aromatic rings. The minimum atomic E-state index is -0.344. The van der Waals surface area contributed by atoms with Crippen LogP contribution < -0.4 is 24.8 Å². The van der Waals surface area contributed by atoms with E-state index in [2.05, 4.69) is 10.6 Å². The van der Waals surface area contributed by atoms with E-state index in [-0.39, 0.29) is 12.1 Å². The van der Waals surface area contributed by atoms with Crippen LogP contribution in [0.2, 0.25) is 0 Å². The van der Waals surface area contributed by atoms with Crippen LogP contribution in [0.1, 0.15) is 45.4 Å². The van der Waals surface area contributed by atoms with Crippen molar-refractivity contribution in [3.05, 3.63) is 33.7 Å². The van der Waals surface area contributed by atoms with E-state index in [1.807, 2.05) is 12.1 Å². The lowest BCUT2D eigenvalue weighted by Crippen LogP contribution is -2.38. The average Bonchev–Trinajstić information content (AvgIpc) is 3.05. The van der Waals surface area contributed by atoms with Crippen molar-refractivity contribution in [1.29, 1.82) is 0 Å². The Hall–Kier alpha value is -2.41. The highest BCUT2D eigenvalue weighted by Crippen LogP contribution is 2.44. The van der Waals surface area contributed by atoms with Gasteiger partial charge in [0, 0.05) is 10.4 Å². The molecule has 138 valence electrons. The minimum absolute atomic E-state index is 0.0168. The number of aryl methyl sites for hydroxylation is 1. The zero-order chi connectivity index (χ0) is 18.3. The average molecular weight is 374 g/mol. The van der Waals surface area contributed by atoms with Crippen molar-refractivity contribution in [1.82, 2.24) is 5.32 Å². The molecule has 0 spiro atoms. The van der Waals surface area contributed by atoms with Gasteiger partial charge in [-0.1, -0.05) is 0 Å². The van der Waals surface area contributed by atoms with Crippen LogP contribution in [-0.4, -0.2) is 27.2 Å². The van der Waals surface area contributed by atoms with Crippen molar-refractivity contribution < 1.29 is 19.0 Å². The molecule has 2 N–H and O–H groups in total. The van der Waals surface area contributed by atoms with E-state index in [1.54, 1.807) is 32.7 Å². The Morgan fingerprint density at radius 1 is 1.00 bits per heavy atom. The highest BCUT2D eigenvalue weighted by atomic mass is 32.1. The Bertz CT molecular complexity index is 836. The van der Waals surface area contributed by atoms with Gasteiger partial charge in [0.25, 0.3) is 5.91 Å². The lowest BCUT2D eigenvalue weighted by Gasteiger charge is -2.27. The molecule has 1 aromatic heterocycles. The number of rotatable bonds is 4. The van der Waals surface area contributed by atoms with Crippen LogP contribution in [0.3, 0.4) is 0 Å². The van der Waals surface area contributed by atoms with Gasteiger partial charge in [-0.15, -0.1) is 11.3 Å². The van der Waals surface area contributed by atoms with Gasteiger partial charge in [0.15, 0.2) is 11.5 Å². The normalized spacial score (nSPS) is 18.3. The quantitative estimate of drug-likeness (QED) is 0.857. The highest BCUT2D eigenvalue weighted by Gasteiger charge is 2.32. The lowest BCUT2D eigenvalue weighted by atomic mass is 9.94. The van der Waals surface area contributed by atoms with Crippen molar-refractivity contribution in [2.45, 2.75) is 31.8 Å². The van der Waals surface area contributed by atoms with Crippen LogP contribution in [0.15, 0.2) is 12.1 Å². The largest absolute Gasteiger partial charge is 0.493 e. The molecule has 0 radical (unpaired) electrons. The fourth-order valence-corrected chi connectivity index (χ4v) is 5.03. The first-order valence-corrected chi connectivity index (χ1v) is 9.49. The Morgan fingerprint density at radius 3 is 2.35 bits per heavy atom. The molecule has 6 nitrogen and oxygen atoms in total. The zero-order valence-corrected chi connectivity index (χ0v) is 15.9. The third-order valence-electron chi connectivity index (χ3n) is 4.97. The van der Waals surface area contributed by atoms with Gasteiger partial charge in [0.2, 0.25) is 5.75 Å². The second-order valence-corrected chi connectivity index (χ2v) is 7.53. The first-order chi connectivity index (χ1) is 12.7. The second kappa shape index (κ2) is 6.72. The van der Waals surface area contributed by atoms with Crippen LogP contribution in [0, 0.1) is 0 Å². The van der Waals surface area contributed by atoms with Gasteiger partial charge in [-0.05, 0) is 43.4 Å². The number of hydrogen-bond donors (Lipinski definition) is 2. The molecule has 0 saturated carbocycles. The number of anilines is 1. The molecule has 2 heterocycles. The molecule has 7 heteroatoms. The predicted molar refractivity (Wildman–Crippen MR) is 101 cm³/mol. The first-order valence-electron chi connectivity index (χ1n) is 8.68. The summed E-state index contributed by atoms with van der Waals surface area (Å²) in [6.45, 7) is 0. The van der Waals surface area contributed by atoms with E-state index in [0.717, 1.165) is 35.4 Å². The van der Waals surface area contributed by atoms with Crippen LogP contribution in [0.4, 0.5) is 5.00 Å². The van der Waals surface area contributed by atoms with Gasteiger partial charge in [0.1, 0.15) is 11.2 Å². The van der Waals surface area contributed by atoms with Crippen molar-refractivity contribution in [3.63, 3.8) is 0 Å². The third-order valence-corrected chi connectivity index (χ3v) is 6.19. The number of hydrogen-bond acceptors (Lipinski definition) is 6. The molecule has 0 unspecified atom stereocenters. The van der Waals surface area contributed by atoms with E-state index < -0.39 is 0 Å². The molecule has 2 aliphatic rings. The van der Waals surface area contributed by atoms with Crippen LogP contribution >= 0.6 is 11.3 Å². The molecule has 0 fully saturated rings. The maximum atomic E-state index is 12.8. The third kappa shape index (κ3) is 2.67. The molecule has 1 atom stereocenters. The summed E-state index contributed by atoms with van der Waals surface area (Å²) in [5.74, 6) is 1.65. The van der Waals surface area contributed by atoms with Gasteiger partial charge < -0.3 is 24.8 Å². The summed E-state index contributed by atoms with van der Waals surface area (Å²) in [6, 6.07) is 3.72. The number of benzene rings is 1. The van der Waals surface area contributed by atoms with Crippen molar-refractivity contribution in [2.75, 3.05) is 26.6 Å². The Balaban J connectivity index is 1.72. The van der Waals surface area contributed by atoms with Crippen LogP contribution in [0.5, 0.6) is 17.2 Å². The molecule has 4 rings (SSSR count). The number of thiophene rings is 1. The second-order valence-electron chi connectivity index (χ2n) is 6.42. The SMILES string of the molecule is COc1cc([C@H]2NC(=O)c3c(sc4c3CCCC4)N2)cc(OC)c1OC. The van der Waals surface area contributed by atoms with Gasteiger partial charge in [-0.2, -0.15) is 0 Å². The zero-order valence-electron chi connectivity index (χ0n) is 15.1. The smallest absolute Gasteiger partial charge is 0.256 e. The predicted octanol–water partition coefficient (Wildman–Crippen LogP) is 3.51. The maximum absolute atomic E-state index is 12.8. The monoisotopic (exact) mass is 374 g/mol. The number of methoxy groups -OCH3 is 3. The van der Waals surface area contributed by atoms with E-state index in [1.165, 1.54) is 16.9 Å². The molecule has 1 amide bonds. The summed E-state index contributed by atoms with van der Waals surface area (Å²) in [6.07, 6.45) is 4.07. The topological polar surface area (TPSA) is 68.8 Å². The number of ether oxygens (including phenoxy) is 3. The molecule has 0 saturated heterocycles. The van der Waals surface area contributed by atoms with Crippen molar-refractivity contribution in [3.8, 4) is 17.2 Å². The summed E-state index contributed by atoms with van der Waals surface area (Å²) in [4.78, 5) is 14.1. The summed E-state index contributed by atoms with van der Waals surface area (Å²) in [7, 11) is 4.74. The molecule has 26 heavy (non-hydrogen) atoms. The summed E-state index contributed by atoms with van der Waals surface area (Å²) in [5, 5.41) is 7.50. The standard InChI is InChI=1S/C19H22N2O4S/c1-23-12-8-10(9-13(24-2)16(12)25-3)17-20-18(22)15-11-6-4-5-7-14(11)26-19(15)21-17/h8-9,17,21H,4-7H2,1-3H3,(H,20,22)/t17-/m0/s1. The molecule has 1 aliphatic carbocycles. The highest BCUT2D eigenvalue weighted by molar-refractivity contribution is 7.16. The van der Waals surface area contributed by atoms with E-state index >= 15 is 0 Å². The number of amides is 1. The van der Waals surface area contributed by atoms with Crippen LogP contribution in [0.25, 0.3) is 0 Å². The van der Waals surface area contributed by atoms with Gasteiger partial charge in [-0.3, -0.25) is 4.79 Å². The number of carbonyl (C=O) groups is 1. The first kappa shape index (κ1) is 17.0. The molecule has 1 aliphatic heterocycles. The summed E-state index contributed by atoms with van der Waals surface area (Å²) < 4.78 is 16.2. The number of fused-ring (bicyclic) bond motifs is 3. The molecule has 1 aromatic carbocycles. The molecular weight excluding hydrogens is 352 g/mol. The van der Waals surface area contributed by atoms with Gasteiger partial charge in [-0.25, -0.2) is 0 Å². The van der Waals surface area contributed by atoms with E-state index in [9.17, 15) is 4.79 Å². The fourth-order valence-electron chi connectivity index (χ4n) is 3.71. The maximum Gasteiger partial charge on any atom is 0.256 e. The Labute approximate surface area is 156 Å². The lowest BCUT2D eigenvalue weighted by molar-refractivity contribution is 0.0935. The number of nitrogens with one attached hydrogen (secondary N) is 2. The van der Waals surface area contributed by atoms with Crippen LogP contribution in [-0.2, 0) is 12.8 Å². The van der Waals surface area contributed by atoms with Gasteiger partial charge in [0.05, 0.1) is 26.9 Å². The summed E-state index contributed by atoms with van der Waals surface area (Å²) >= 11 is 1.71. The fraction of sp³-hybridized carbons (Fsp3) is 0.421. The molecule has 0 bridgehead atoms. The van der Waals surface area contributed by atoms with Gasteiger partial charge >= 0.3 is 0 Å².